The van der Waals surface area contributed by atoms with E-state index in [0.717, 1.165) is 12.6 Å². The molecule has 0 unspecified atom stereocenters. The fraction of sp³-hybridized carbons (Fsp3) is 0.500. The fourth-order valence-corrected chi connectivity index (χ4v) is 3.05. The van der Waals surface area contributed by atoms with Crippen molar-refractivity contribution >= 4 is 23.4 Å². The van der Waals surface area contributed by atoms with E-state index in [1.54, 1.807) is 18.2 Å². The maximum atomic E-state index is 12.8. The highest BCUT2D eigenvalue weighted by Gasteiger charge is 2.36. The van der Waals surface area contributed by atoms with Crippen molar-refractivity contribution in [1.29, 1.82) is 0 Å². The zero-order chi connectivity index (χ0) is 23.3. The Morgan fingerprint density at radius 1 is 1.27 bits per heavy atom. The number of hydrogen-bond donors (Lipinski definition) is 1. The Kier molecular flexibility index (Phi) is 8.51. The molecule has 1 N–H and O–H groups in total. The van der Waals surface area contributed by atoms with E-state index in [0.29, 0.717) is 34.1 Å². The molecular weight excluding hydrogens is 423 g/mol. The summed E-state index contributed by atoms with van der Waals surface area (Å²) in [6.07, 6.45) is -3.42. The molecule has 10 heteroatoms. The van der Waals surface area contributed by atoms with E-state index in [-0.39, 0.29) is 11.7 Å². The molecule has 30 heavy (non-hydrogen) atoms. The van der Waals surface area contributed by atoms with Gasteiger partial charge in [-0.05, 0) is 46.2 Å². The molecule has 1 aromatic carbocycles. The van der Waals surface area contributed by atoms with Crippen molar-refractivity contribution in [2.24, 2.45) is 0 Å². The minimum atomic E-state index is -4.34. The van der Waals surface area contributed by atoms with E-state index >= 15 is 0 Å². The summed E-state index contributed by atoms with van der Waals surface area (Å²) in [7, 11) is 1.47. The predicted octanol–water partition coefficient (Wildman–Crippen LogP) is 5.31. The largest absolute Gasteiger partial charge is 0.496 e. The van der Waals surface area contributed by atoms with E-state index in [1.807, 2.05) is 32.4 Å². The molecule has 1 aromatic heterocycles. The average Bonchev–Trinajstić information content (AvgIpc) is 2.98. The first-order chi connectivity index (χ1) is 13.8. The Labute approximate surface area is 178 Å². The third kappa shape index (κ3) is 6.00. The first-order valence-corrected chi connectivity index (χ1v) is 9.48. The minimum Gasteiger partial charge on any atom is -0.496 e. The topological polar surface area (TPSA) is 73.2 Å². The van der Waals surface area contributed by atoms with Crippen LogP contribution in [0.4, 0.5) is 18.9 Å². The maximum absolute atomic E-state index is 12.8. The van der Waals surface area contributed by atoms with Crippen molar-refractivity contribution < 1.29 is 27.5 Å². The normalized spacial score (nSPS) is 12.5. The van der Waals surface area contributed by atoms with Gasteiger partial charge in [-0.25, -0.2) is 0 Å². The summed E-state index contributed by atoms with van der Waals surface area (Å²) >= 11 is 6.58. The SMILES string of the molecule is CCc1nn(C(C)(C)C)c(-c2ccc(N[C@H](C)C(F)(F)F)cc2OC)c1Cl.O=C=O. The standard InChI is InChI=1S/C19H25ClF3N3O.CO2/c1-7-14-16(20)17(26(25-14)18(3,4)5)13-9-8-12(10-15(13)27-6)24-11(2)19(21,22)23;2-1-3/h8-11,24H,7H2,1-6H3;/t11-;/m1./s1. The highest BCUT2D eigenvalue weighted by atomic mass is 35.5. The van der Waals surface area contributed by atoms with E-state index in [4.69, 9.17) is 25.9 Å². The molecule has 0 aliphatic rings. The number of benzene rings is 1. The summed E-state index contributed by atoms with van der Waals surface area (Å²) in [4.78, 5) is 16.2. The molecule has 0 bridgehead atoms. The van der Waals surface area contributed by atoms with E-state index < -0.39 is 12.2 Å². The highest BCUT2D eigenvalue weighted by Crippen LogP contribution is 2.40. The van der Waals surface area contributed by atoms with Gasteiger partial charge in [-0.15, -0.1) is 0 Å². The number of aryl methyl sites for hydroxylation is 1. The molecule has 0 radical (unpaired) electrons. The van der Waals surface area contributed by atoms with Gasteiger partial charge in [0.25, 0.3) is 0 Å². The zero-order valence-corrected chi connectivity index (χ0v) is 18.4. The molecule has 0 aliphatic carbocycles. The summed E-state index contributed by atoms with van der Waals surface area (Å²) in [5.41, 5.74) is 2.10. The Hall–Kier alpha value is -2.51. The van der Waals surface area contributed by atoms with Gasteiger partial charge in [-0.1, -0.05) is 18.5 Å². The van der Waals surface area contributed by atoms with Crippen molar-refractivity contribution in [3.05, 3.63) is 28.9 Å². The molecule has 0 saturated heterocycles. The number of hydrogen-bond acceptors (Lipinski definition) is 5. The van der Waals surface area contributed by atoms with E-state index in [9.17, 15) is 13.2 Å². The lowest BCUT2D eigenvalue weighted by Crippen LogP contribution is -2.33. The summed E-state index contributed by atoms with van der Waals surface area (Å²) in [5.74, 6) is 0.421. The summed E-state index contributed by atoms with van der Waals surface area (Å²) < 4.78 is 45.7. The van der Waals surface area contributed by atoms with Crippen LogP contribution in [0.1, 0.15) is 40.3 Å². The first-order valence-electron chi connectivity index (χ1n) is 9.10. The molecule has 2 rings (SSSR count). The van der Waals surface area contributed by atoms with Crippen LogP contribution >= 0.6 is 11.6 Å². The first kappa shape index (κ1) is 25.5. The Morgan fingerprint density at radius 3 is 2.27 bits per heavy atom. The van der Waals surface area contributed by atoms with Crippen molar-refractivity contribution in [2.75, 3.05) is 12.4 Å². The lowest BCUT2D eigenvalue weighted by Gasteiger charge is -2.24. The third-order valence-electron chi connectivity index (χ3n) is 4.19. The van der Waals surface area contributed by atoms with Crippen molar-refractivity contribution in [1.82, 2.24) is 9.78 Å². The van der Waals surface area contributed by atoms with Crippen LogP contribution in [-0.4, -0.2) is 35.3 Å². The summed E-state index contributed by atoms with van der Waals surface area (Å²) in [5, 5.41) is 7.59. The predicted molar refractivity (Wildman–Crippen MR) is 108 cm³/mol. The smallest absolute Gasteiger partial charge is 0.408 e. The summed E-state index contributed by atoms with van der Waals surface area (Å²) in [6, 6.07) is 3.15. The fourth-order valence-electron chi connectivity index (χ4n) is 2.70. The van der Waals surface area contributed by atoms with Gasteiger partial charge < -0.3 is 10.1 Å². The van der Waals surface area contributed by atoms with Gasteiger partial charge in [0.05, 0.1) is 29.1 Å². The number of rotatable bonds is 5. The minimum absolute atomic E-state index is 0.250. The molecule has 0 spiro atoms. The second-order valence-electron chi connectivity index (χ2n) is 7.45. The molecule has 0 amide bonds. The Balaban J connectivity index is 0.00000141. The van der Waals surface area contributed by atoms with Crippen LogP contribution in [0, 0.1) is 0 Å². The van der Waals surface area contributed by atoms with Crippen LogP contribution in [-0.2, 0) is 21.5 Å². The molecule has 0 aliphatic heterocycles. The Bertz CT molecular complexity index is 899. The number of aromatic nitrogens is 2. The third-order valence-corrected chi connectivity index (χ3v) is 4.59. The highest BCUT2D eigenvalue weighted by molar-refractivity contribution is 6.33. The molecule has 0 fully saturated rings. The van der Waals surface area contributed by atoms with Crippen LogP contribution in [0.2, 0.25) is 5.02 Å². The number of alkyl halides is 3. The van der Waals surface area contributed by atoms with Crippen LogP contribution in [0.3, 0.4) is 0 Å². The molecule has 6 nitrogen and oxygen atoms in total. The van der Waals surface area contributed by atoms with Crippen molar-refractivity contribution in [3.63, 3.8) is 0 Å². The molecule has 2 aromatic rings. The molecule has 166 valence electrons. The van der Waals surface area contributed by atoms with Crippen LogP contribution in [0.15, 0.2) is 18.2 Å². The van der Waals surface area contributed by atoms with Gasteiger partial charge >= 0.3 is 12.3 Å². The van der Waals surface area contributed by atoms with Crippen LogP contribution in [0.5, 0.6) is 5.75 Å². The number of halogens is 4. The monoisotopic (exact) mass is 447 g/mol. The van der Waals surface area contributed by atoms with Gasteiger partial charge in [0.1, 0.15) is 11.8 Å². The lowest BCUT2D eigenvalue weighted by molar-refractivity contribution is -0.191. The van der Waals surface area contributed by atoms with Crippen LogP contribution < -0.4 is 10.1 Å². The van der Waals surface area contributed by atoms with Crippen LogP contribution in [0.25, 0.3) is 11.3 Å². The Morgan fingerprint density at radius 2 is 1.83 bits per heavy atom. The number of methoxy groups -OCH3 is 1. The number of carbonyl (C=O) groups excluding carboxylic acids is 2. The second kappa shape index (κ2) is 10.00. The van der Waals surface area contributed by atoms with Gasteiger partial charge in [0.15, 0.2) is 0 Å². The quantitative estimate of drug-likeness (QED) is 0.672. The second-order valence-corrected chi connectivity index (χ2v) is 7.83. The molecule has 0 saturated carbocycles. The molecular formula is C20H25ClF3N3O3. The maximum Gasteiger partial charge on any atom is 0.408 e. The molecule has 1 heterocycles. The van der Waals surface area contributed by atoms with E-state index in [2.05, 4.69) is 10.4 Å². The van der Waals surface area contributed by atoms with E-state index in [1.165, 1.54) is 7.11 Å². The zero-order valence-electron chi connectivity index (χ0n) is 17.6. The number of nitrogens with zero attached hydrogens (tertiary/aromatic N) is 2. The van der Waals surface area contributed by atoms with Gasteiger partial charge in [-0.3, -0.25) is 4.68 Å². The lowest BCUT2D eigenvalue weighted by atomic mass is 10.0. The van der Waals surface area contributed by atoms with Crippen molar-refractivity contribution in [2.45, 2.75) is 58.8 Å². The number of nitrogens with one attached hydrogen (secondary N) is 1. The van der Waals surface area contributed by atoms with Gasteiger partial charge in [0.2, 0.25) is 0 Å². The number of ether oxygens (including phenoxy) is 1. The summed E-state index contributed by atoms with van der Waals surface area (Å²) in [6.45, 7) is 9.05. The molecule has 1 atom stereocenters. The van der Waals surface area contributed by atoms with Gasteiger partial charge in [-0.2, -0.15) is 27.9 Å². The van der Waals surface area contributed by atoms with Crippen molar-refractivity contribution in [3.8, 4) is 17.0 Å². The average molecular weight is 448 g/mol. The number of anilines is 1. The van der Waals surface area contributed by atoms with Gasteiger partial charge in [0, 0.05) is 17.3 Å².